The minimum Gasteiger partial charge on any atom is -0.337 e. The van der Waals surface area contributed by atoms with Crippen molar-refractivity contribution in [2.75, 3.05) is 11.2 Å². The number of anilines is 2. The summed E-state index contributed by atoms with van der Waals surface area (Å²) in [7, 11) is 0. The summed E-state index contributed by atoms with van der Waals surface area (Å²) in [5, 5.41) is 7.06. The van der Waals surface area contributed by atoms with E-state index in [1.54, 1.807) is 27.8 Å². The van der Waals surface area contributed by atoms with Crippen molar-refractivity contribution in [1.82, 2.24) is 14.6 Å². The van der Waals surface area contributed by atoms with Crippen LogP contribution in [0.1, 0.15) is 11.3 Å². The van der Waals surface area contributed by atoms with Crippen molar-refractivity contribution >= 4 is 33.9 Å². The van der Waals surface area contributed by atoms with E-state index < -0.39 is 0 Å². The maximum absolute atomic E-state index is 6.07. The summed E-state index contributed by atoms with van der Waals surface area (Å²) in [6.07, 6.45) is 1.85. The molecule has 2 aromatic heterocycles. The molecule has 0 atom stereocenters. The van der Waals surface area contributed by atoms with Crippen LogP contribution in [0.5, 0.6) is 0 Å². The van der Waals surface area contributed by atoms with Crippen molar-refractivity contribution in [3.8, 4) is 11.3 Å². The van der Waals surface area contributed by atoms with Gasteiger partial charge in [-0.25, -0.2) is 14.6 Å². The molecule has 0 aliphatic carbocycles. The Morgan fingerprint density at radius 2 is 1.85 bits per heavy atom. The van der Waals surface area contributed by atoms with E-state index in [1.165, 1.54) is 5.56 Å². The van der Waals surface area contributed by atoms with Gasteiger partial charge in [0, 0.05) is 22.4 Å². The maximum atomic E-state index is 6.07. The van der Waals surface area contributed by atoms with Crippen molar-refractivity contribution in [2.24, 2.45) is 0 Å². The molecule has 2 heterocycles. The molecule has 0 aliphatic rings. The Morgan fingerprint density at radius 3 is 2.63 bits per heavy atom. The lowest BCUT2D eigenvalue weighted by atomic mass is 10.2. The van der Waals surface area contributed by atoms with Gasteiger partial charge in [0.25, 0.3) is 0 Å². The zero-order valence-corrected chi connectivity index (χ0v) is 16.4. The number of benzene rings is 2. The number of hydrogen-bond acceptors (Lipinski definition) is 6. The van der Waals surface area contributed by atoms with Crippen molar-refractivity contribution in [1.29, 1.82) is 0 Å². The molecule has 0 bridgehead atoms. The van der Waals surface area contributed by atoms with E-state index in [4.69, 9.17) is 5.84 Å². The van der Waals surface area contributed by atoms with Gasteiger partial charge < -0.3 is 11.2 Å². The maximum Gasteiger partial charge on any atom is 0.187 e. The first-order valence-electron chi connectivity index (χ1n) is 8.48. The van der Waals surface area contributed by atoms with E-state index in [2.05, 4.69) is 51.9 Å². The highest BCUT2D eigenvalue weighted by Gasteiger charge is 2.10. The quantitative estimate of drug-likeness (QED) is 0.354. The number of nitrogen functional groups attached to an aromatic ring is 1. The van der Waals surface area contributed by atoms with Crippen LogP contribution in [0.15, 0.2) is 71.3 Å². The smallest absolute Gasteiger partial charge is 0.187 e. The van der Waals surface area contributed by atoms with Crippen LogP contribution >= 0.6 is 23.1 Å². The molecule has 2 aromatic carbocycles. The molecule has 4 aromatic rings. The molecule has 5 nitrogen and oxygen atoms in total. The average Bonchev–Trinajstić information content (AvgIpc) is 3.29. The summed E-state index contributed by atoms with van der Waals surface area (Å²) < 4.78 is 1.57. The van der Waals surface area contributed by atoms with Crippen LogP contribution in [0.2, 0.25) is 0 Å². The van der Waals surface area contributed by atoms with Crippen LogP contribution in [-0.4, -0.2) is 14.6 Å². The third kappa shape index (κ3) is 4.32. The van der Waals surface area contributed by atoms with Gasteiger partial charge in [-0.05, 0) is 19.1 Å². The predicted octanol–water partition coefficient (Wildman–Crippen LogP) is 5.06. The number of thioether (sulfide) groups is 1. The molecule has 0 saturated carbocycles. The van der Waals surface area contributed by atoms with E-state index in [-0.39, 0.29) is 0 Å². The molecule has 7 heteroatoms. The summed E-state index contributed by atoms with van der Waals surface area (Å²) in [5.41, 5.74) is 5.22. The van der Waals surface area contributed by atoms with Crippen LogP contribution in [-0.2, 0) is 5.75 Å². The van der Waals surface area contributed by atoms with Gasteiger partial charge >= 0.3 is 0 Å². The number of nitrogens with one attached hydrogen (secondary N) is 1. The fourth-order valence-electron chi connectivity index (χ4n) is 2.56. The average molecular weight is 394 g/mol. The Labute approximate surface area is 166 Å². The summed E-state index contributed by atoms with van der Waals surface area (Å²) in [6.45, 7) is 2.08. The molecular weight excluding hydrogens is 374 g/mol. The lowest BCUT2D eigenvalue weighted by Gasteiger charge is -2.02. The van der Waals surface area contributed by atoms with Gasteiger partial charge in [-0.2, -0.15) is 0 Å². The molecule has 0 aliphatic heterocycles. The third-order valence-electron chi connectivity index (χ3n) is 3.97. The van der Waals surface area contributed by atoms with Gasteiger partial charge in [-0.15, -0.1) is 11.3 Å². The highest BCUT2D eigenvalue weighted by atomic mass is 32.2. The normalized spacial score (nSPS) is 10.9. The largest absolute Gasteiger partial charge is 0.337 e. The number of hydrogen-bond donors (Lipinski definition) is 2. The summed E-state index contributed by atoms with van der Waals surface area (Å²) in [6, 6.07) is 18.3. The number of aromatic nitrogens is 3. The molecule has 3 N–H and O–H groups in total. The van der Waals surface area contributed by atoms with E-state index in [0.717, 1.165) is 32.9 Å². The van der Waals surface area contributed by atoms with Crippen LogP contribution in [0.4, 0.5) is 10.8 Å². The second kappa shape index (κ2) is 7.85. The monoisotopic (exact) mass is 393 g/mol. The molecular formula is C20H19N5S2. The number of nitrogens with two attached hydrogens (primary N) is 1. The molecule has 0 unspecified atom stereocenters. The standard InChI is InChI=1S/C20H19N5S2/c1-14-7-9-16(10-8-14)22-19-23-17(12-26-19)13-27-20-24-18(11-25(20)21)15-5-3-2-4-6-15/h2-12H,13,21H2,1H3,(H,22,23). The Kier molecular flexibility index (Phi) is 5.13. The molecule has 0 spiro atoms. The highest BCUT2D eigenvalue weighted by Crippen LogP contribution is 2.27. The van der Waals surface area contributed by atoms with E-state index in [0.29, 0.717) is 5.75 Å². The number of nitrogens with zero attached hydrogens (tertiary/aromatic N) is 3. The van der Waals surface area contributed by atoms with Gasteiger partial charge in [-0.1, -0.05) is 59.8 Å². The lowest BCUT2D eigenvalue weighted by molar-refractivity contribution is 0.851. The van der Waals surface area contributed by atoms with Crippen LogP contribution in [0, 0.1) is 6.92 Å². The Hall–Kier alpha value is -2.77. The van der Waals surface area contributed by atoms with Gasteiger partial charge in [0.2, 0.25) is 0 Å². The molecule has 0 saturated heterocycles. The Balaban J connectivity index is 1.40. The first kappa shape index (κ1) is 17.6. The first-order valence-corrected chi connectivity index (χ1v) is 10.3. The predicted molar refractivity (Wildman–Crippen MR) is 114 cm³/mol. The van der Waals surface area contributed by atoms with Crippen LogP contribution in [0.3, 0.4) is 0 Å². The number of rotatable bonds is 6. The van der Waals surface area contributed by atoms with Crippen molar-refractivity contribution in [2.45, 2.75) is 17.8 Å². The summed E-state index contributed by atoms with van der Waals surface area (Å²) in [4.78, 5) is 9.29. The fourth-order valence-corrected chi connectivity index (χ4v) is 4.19. The van der Waals surface area contributed by atoms with Gasteiger partial charge in [0.05, 0.1) is 17.6 Å². The Bertz CT molecular complexity index is 1020. The number of imidazole rings is 1. The summed E-state index contributed by atoms with van der Waals surface area (Å²) in [5.74, 6) is 6.78. The van der Waals surface area contributed by atoms with Gasteiger partial charge in [0.15, 0.2) is 10.3 Å². The SMILES string of the molecule is Cc1ccc(Nc2nc(CSc3nc(-c4ccccc4)cn3N)cs2)cc1. The highest BCUT2D eigenvalue weighted by molar-refractivity contribution is 7.98. The second-order valence-electron chi connectivity index (χ2n) is 6.11. The van der Waals surface area contributed by atoms with Gasteiger partial charge in [0.1, 0.15) is 0 Å². The molecule has 27 heavy (non-hydrogen) atoms. The van der Waals surface area contributed by atoms with Crippen molar-refractivity contribution < 1.29 is 0 Å². The first-order chi connectivity index (χ1) is 13.2. The molecule has 4 rings (SSSR count). The van der Waals surface area contributed by atoms with E-state index in [1.807, 2.05) is 36.5 Å². The van der Waals surface area contributed by atoms with E-state index >= 15 is 0 Å². The van der Waals surface area contributed by atoms with Gasteiger partial charge in [-0.3, -0.25) is 0 Å². The zero-order chi connectivity index (χ0) is 18.6. The molecule has 136 valence electrons. The lowest BCUT2D eigenvalue weighted by Crippen LogP contribution is -2.07. The third-order valence-corrected chi connectivity index (χ3v) is 5.78. The zero-order valence-electron chi connectivity index (χ0n) is 14.8. The molecule has 0 radical (unpaired) electrons. The second-order valence-corrected chi connectivity index (χ2v) is 7.91. The van der Waals surface area contributed by atoms with Crippen LogP contribution in [0.25, 0.3) is 11.3 Å². The van der Waals surface area contributed by atoms with Crippen molar-refractivity contribution in [3.05, 3.63) is 77.4 Å². The van der Waals surface area contributed by atoms with Crippen molar-refractivity contribution in [3.63, 3.8) is 0 Å². The number of thiazole rings is 1. The summed E-state index contributed by atoms with van der Waals surface area (Å²) >= 11 is 3.18. The minimum atomic E-state index is 0.717. The molecule has 0 amide bonds. The Morgan fingerprint density at radius 1 is 1.07 bits per heavy atom. The van der Waals surface area contributed by atoms with E-state index in [9.17, 15) is 0 Å². The number of aryl methyl sites for hydroxylation is 1. The van der Waals surface area contributed by atoms with Crippen LogP contribution < -0.4 is 11.2 Å². The fraction of sp³-hybridized carbons (Fsp3) is 0.100. The molecule has 0 fully saturated rings. The topological polar surface area (TPSA) is 68.8 Å². The minimum absolute atomic E-state index is 0.717.